The molecule has 1 amide bonds. The zero-order valence-corrected chi connectivity index (χ0v) is 11.7. The Labute approximate surface area is 118 Å². The molecule has 0 fully saturated rings. The minimum atomic E-state index is -0.958. The molecule has 20 heavy (non-hydrogen) atoms. The topological polar surface area (TPSA) is 75.6 Å². The number of nitrogens with one attached hydrogen (secondary N) is 1. The number of rotatable bonds is 9. The van der Waals surface area contributed by atoms with E-state index in [2.05, 4.69) is 5.32 Å². The number of hydrogen-bond donors (Lipinski definition) is 2. The van der Waals surface area contributed by atoms with Crippen LogP contribution in [0.3, 0.4) is 0 Å². The molecule has 0 saturated carbocycles. The zero-order chi connectivity index (χ0) is 14.8. The number of carbonyl (C=O) groups excluding carboxylic acids is 1. The van der Waals surface area contributed by atoms with Crippen molar-refractivity contribution in [1.29, 1.82) is 0 Å². The van der Waals surface area contributed by atoms with E-state index in [1.54, 1.807) is 31.4 Å². The third-order valence-electron chi connectivity index (χ3n) is 2.97. The lowest BCUT2D eigenvalue weighted by molar-refractivity contribution is -0.121. The Balaban J connectivity index is 2.32. The molecular formula is C15H21NO4. The van der Waals surface area contributed by atoms with Crippen LogP contribution in [0.2, 0.25) is 0 Å². The maximum Gasteiger partial charge on any atom is 0.335 e. The molecule has 0 radical (unpaired) electrons. The summed E-state index contributed by atoms with van der Waals surface area (Å²) in [5.41, 5.74) is 0.954. The molecule has 1 rings (SSSR count). The van der Waals surface area contributed by atoms with Crippen LogP contribution in [0, 0.1) is 0 Å². The van der Waals surface area contributed by atoms with Gasteiger partial charge in [0.15, 0.2) is 0 Å². The molecule has 0 aliphatic heterocycles. The molecule has 0 heterocycles. The first kappa shape index (κ1) is 16.2. The summed E-state index contributed by atoms with van der Waals surface area (Å²) in [5, 5.41) is 11.9. The first-order chi connectivity index (χ1) is 9.65. The smallest absolute Gasteiger partial charge is 0.335 e. The van der Waals surface area contributed by atoms with E-state index in [9.17, 15) is 9.59 Å². The fourth-order valence-corrected chi connectivity index (χ4v) is 1.88. The number of carbonyl (C=O) groups is 2. The number of aromatic carboxylic acids is 1. The number of benzene rings is 1. The van der Waals surface area contributed by atoms with Gasteiger partial charge in [-0.15, -0.1) is 0 Å². The number of methoxy groups -OCH3 is 1. The SMILES string of the molecule is COCCCCNC(=O)CCc1ccccc1C(=O)O. The molecule has 2 N–H and O–H groups in total. The normalized spacial score (nSPS) is 10.2. The van der Waals surface area contributed by atoms with Crippen molar-refractivity contribution in [2.45, 2.75) is 25.7 Å². The highest BCUT2D eigenvalue weighted by atomic mass is 16.5. The highest BCUT2D eigenvalue weighted by Crippen LogP contribution is 2.11. The molecule has 0 unspecified atom stereocenters. The molecule has 1 aromatic rings. The lowest BCUT2D eigenvalue weighted by Crippen LogP contribution is -2.25. The van der Waals surface area contributed by atoms with Crippen LogP contribution in [-0.4, -0.2) is 37.2 Å². The molecule has 0 atom stereocenters. The standard InChI is InChI=1S/C15H21NO4/c1-20-11-5-4-10-16-14(17)9-8-12-6-2-3-7-13(12)15(18)19/h2-3,6-7H,4-5,8-11H2,1H3,(H,16,17)(H,18,19). The van der Waals surface area contributed by atoms with Crippen LogP contribution in [0.15, 0.2) is 24.3 Å². The van der Waals surface area contributed by atoms with E-state index in [1.165, 1.54) is 0 Å². The molecule has 0 bridgehead atoms. The van der Waals surface area contributed by atoms with Crippen molar-refractivity contribution >= 4 is 11.9 Å². The van der Waals surface area contributed by atoms with Gasteiger partial charge in [0.05, 0.1) is 5.56 Å². The van der Waals surface area contributed by atoms with Crippen molar-refractivity contribution in [2.75, 3.05) is 20.3 Å². The van der Waals surface area contributed by atoms with Crippen LogP contribution >= 0.6 is 0 Å². The van der Waals surface area contributed by atoms with Crippen LogP contribution in [0.25, 0.3) is 0 Å². The Morgan fingerprint density at radius 2 is 2.00 bits per heavy atom. The maximum absolute atomic E-state index is 11.6. The van der Waals surface area contributed by atoms with Crippen LogP contribution in [0.5, 0.6) is 0 Å². The molecule has 5 nitrogen and oxygen atoms in total. The van der Waals surface area contributed by atoms with E-state index in [0.29, 0.717) is 31.6 Å². The second-order valence-corrected chi connectivity index (χ2v) is 4.51. The summed E-state index contributed by atoms with van der Waals surface area (Å²) in [6.07, 6.45) is 2.53. The van der Waals surface area contributed by atoms with Crippen molar-refractivity contribution in [1.82, 2.24) is 5.32 Å². The van der Waals surface area contributed by atoms with Crippen LogP contribution in [-0.2, 0) is 16.0 Å². The van der Waals surface area contributed by atoms with E-state index in [-0.39, 0.29) is 11.5 Å². The molecule has 0 spiro atoms. The fourth-order valence-electron chi connectivity index (χ4n) is 1.88. The van der Waals surface area contributed by atoms with Crippen molar-refractivity contribution in [3.63, 3.8) is 0 Å². The van der Waals surface area contributed by atoms with Crippen molar-refractivity contribution in [3.05, 3.63) is 35.4 Å². The van der Waals surface area contributed by atoms with Crippen LogP contribution < -0.4 is 5.32 Å². The first-order valence-corrected chi connectivity index (χ1v) is 6.72. The van der Waals surface area contributed by atoms with Gasteiger partial charge < -0.3 is 15.2 Å². The van der Waals surface area contributed by atoms with Crippen molar-refractivity contribution in [2.24, 2.45) is 0 Å². The molecule has 0 aromatic heterocycles. The van der Waals surface area contributed by atoms with Crippen LogP contribution in [0.4, 0.5) is 0 Å². The average Bonchev–Trinajstić information content (AvgIpc) is 2.45. The zero-order valence-electron chi connectivity index (χ0n) is 11.7. The third-order valence-corrected chi connectivity index (χ3v) is 2.97. The Morgan fingerprint density at radius 3 is 2.70 bits per heavy atom. The Morgan fingerprint density at radius 1 is 1.25 bits per heavy atom. The summed E-state index contributed by atoms with van der Waals surface area (Å²) in [6, 6.07) is 6.77. The summed E-state index contributed by atoms with van der Waals surface area (Å²) in [4.78, 5) is 22.7. The van der Waals surface area contributed by atoms with Gasteiger partial charge in [0, 0.05) is 26.7 Å². The number of carboxylic acid groups (broad SMARTS) is 1. The minimum Gasteiger partial charge on any atom is -0.478 e. The second-order valence-electron chi connectivity index (χ2n) is 4.51. The Kier molecular flexibility index (Phi) is 7.35. The molecule has 0 aliphatic rings. The fraction of sp³-hybridized carbons (Fsp3) is 0.467. The third kappa shape index (κ3) is 5.84. The number of ether oxygens (including phenoxy) is 1. The van der Waals surface area contributed by atoms with Gasteiger partial charge in [0.25, 0.3) is 0 Å². The summed E-state index contributed by atoms with van der Waals surface area (Å²) >= 11 is 0. The Hall–Kier alpha value is -1.88. The molecule has 0 saturated heterocycles. The molecule has 0 aliphatic carbocycles. The van der Waals surface area contributed by atoms with Crippen molar-refractivity contribution in [3.8, 4) is 0 Å². The number of unbranched alkanes of at least 4 members (excludes halogenated alkanes) is 1. The second kappa shape index (κ2) is 9.09. The van der Waals surface area contributed by atoms with Gasteiger partial charge >= 0.3 is 5.97 Å². The summed E-state index contributed by atoms with van der Waals surface area (Å²) in [6.45, 7) is 1.32. The summed E-state index contributed by atoms with van der Waals surface area (Å²) < 4.78 is 4.92. The monoisotopic (exact) mass is 279 g/mol. The largest absolute Gasteiger partial charge is 0.478 e. The van der Waals surface area contributed by atoms with E-state index >= 15 is 0 Å². The van der Waals surface area contributed by atoms with Gasteiger partial charge in [-0.1, -0.05) is 18.2 Å². The van der Waals surface area contributed by atoms with Gasteiger partial charge in [-0.3, -0.25) is 4.79 Å². The van der Waals surface area contributed by atoms with E-state index in [4.69, 9.17) is 9.84 Å². The quantitative estimate of drug-likeness (QED) is 0.677. The van der Waals surface area contributed by atoms with Gasteiger partial charge in [-0.25, -0.2) is 4.79 Å². The Bertz CT molecular complexity index is 445. The lowest BCUT2D eigenvalue weighted by atomic mass is 10.0. The van der Waals surface area contributed by atoms with Crippen LogP contribution in [0.1, 0.15) is 35.2 Å². The minimum absolute atomic E-state index is 0.0531. The highest BCUT2D eigenvalue weighted by Gasteiger charge is 2.10. The average molecular weight is 279 g/mol. The summed E-state index contributed by atoms with van der Waals surface area (Å²) in [7, 11) is 1.65. The number of aryl methyl sites for hydroxylation is 1. The number of carboxylic acids is 1. The van der Waals surface area contributed by atoms with Gasteiger partial charge in [-0.2, -0.15) is 0 Å². The predicted molar refractivity (Wildman–Crippen MR) is 75.8 cm³/mol. The van der Waals surface area contributed by atoms with Crippen molar-refractivity contribution < 1.29 is 19.4 Å². The predicted octanol–water partition coefficient (Wildman–Crippen LogP) is 1.86. The van der Waals surface area contributed by atoms with E-state index in [1.807, 2.05) is 0 Å². The van der Waals surface area contributed by atoms with E-state index < -0.39 is 5.97 Å². The first-order valence-electron chi connectivity index (χ1n) is 6.72. The molecule has 110 valence electrons. The van der Waals surface area contributed by atoms with Gasteiger partial charge in [0.2, 0.25) is 5.91 Å². The lowest BCUT2D eigenvalue weighted by Gasteiger charge is -2.07. The van der Waals surface area contributed by atoms with Gasteiger partial charge in [-0.05, 0) is 30.9 Å². The highest BCUT2D eigenvalue weighted by molar-refractivity contribution is 5.89. The number of hydrogen-bond acceptors (Lipinski definition) is 3. The maximum atomic E-state index is 11.6. The molecular weight excluding hydrogens is 258 g/mol. The van der Waals surface area contributed by atoms with E-state index in [0.717, 1.165) is 12.8 Å². The van der Waals surface area contributed by atoms with Gasteiger partial charge in [0.1, 0.15) is 0 Å². The molecule has 1 aromatic carbocycles. The summed E-state index contributed by atoms with van der Waals surface area (Å²) in [5.74, 6) is -1.01. The molecule has 5 heteroatoms. The number of amides is 1.